The summed E-state index contributed by atoms with van der Waals surface area (Å²) in [5, 5.41) is 11.6. The number of nitrogens with zero attached hydrogens (tertiary/aromatic N) is 1. The van der Waals surface area contributed by atoms with Crippen LogP contribution in [0.15, 0.2) is 23.4 Å². The van der Waals surface area contributed by atoms with E-state index in [4.69, 9.17) is 15.7 Å². The van der Waals surface area contributed by atoms with Gasteiger partial charge < -0.3 is 15.7 Å². The Bertz CT molecular complexity index is 425. The fraction of sp³-hybridized carbons (Fsp3) is 0.462. The zero-order valence-electron chi connectivity index (χ0n) is 10.0. The molecule has 1 aliphatic rings. The van der Waals surface area contributed by atoms with Crippen LogP contribution in [-0.4, -0.2) is 17.6 Å². The van der Waals surface area contributed by atoms with Gasteiger partial charge >= 0.3 is 0 Å². The predicted octanol–water partition coefficient (Wildman–Crippen LogP) is 2.02. The van der Waals surface area contributed by atoms with E-state index in [9.17, 15) is 0 Å². The number of hydrogen-bond donors (Lipinski definition) is 2. The first-order chi connectivity index (χ1) is 8.20. The van der Waals surface area contributed by atoms with Crippen molar-refractivity contribution in [1.82, 2.24) is 0 Å². The minimum absolute atomic E-state index is 0.138. The largest absolute Gasteiger partial charge is 0.409 e. The van der Waals surface area contributed by atoms with Gasteiger partial charge in [-0.25, -0.2) is 0 Å². The van der Waals surface area contributed by atoms with Gasteiger partial charge in [-0.1, -0.05) is 17.3 Å². The van der Waals surface area contributed by atoms with Crippen molar-refractivity contribution in [1.29, 1.82) is 0 Å². The van der Waals surface area contributed by atoms with Crippen LogP contribution in [0.25, 0.3) is 0 Å². The van der Waals surface area contributed by atoms with E-state index in [0.717, 1.165) is 29.2 Å². The van der Waals surface area contributed by atoms with Crippen molar-refractivity contribution in [2.45, 2.75) is 26.4 Å². The smallest absolute Gasteiger partial charge is 0.170 e. The Morgan fingerprint density at radius 3 is 2.88 bits per heavy atom. The molecule has 0 amide bonds. The van der Waals surface area contributed by atoms with E-state index in [2.05, 4.69) is 5.16 Å². The molecule has 0 unspecified atom stereocenters. The third-order valence-corrected chi connectivity index (χ3v) is 3.05. The van der Waals surface area contributed by atoms with Gasteiger partial charge in [-0.05, 0) is 42.9 Å². The zero-order chi connectivity index (χ0) is 12.3. The maximum Gasteiger partial charge on any atom is 0.170 e. The molecular formula is C13H18N2O2. The monoisotopic (exact) mass is 234 g/mol. The van der Waals surface area contributed by atoms with Gasteiger partial charge in [0.1, 0.15) is 0 Å². The van der Waals surface area contributed by atoms with Crippen LogP contribution in [0.4, 0.5) is 0 Å². The van der Waals surface area contributed by atoms with E-state index in [1.807, 2.05) is 25.1 Å². The molecule has 0 radical (unpaired) electrons. The molecule has 17 heavy (non-hydrogen) atoms. The zero-order valence-corrected chi connectivity index (χ0v) is 10.0. The molecule has 1 aromatic carbocycles. The van der Waals surface area contributed by atoms with E-state index in [1.165, 1.54) is 12.8 Å². The summed E-state index contributed by atoms with van der Waals surface area (Å²) in [7, 11) is 0. The first-order valence-corrected chi connectivity index (χ1v) is 5.86. The number of oxime groups is 1. The molecule has 1 aromatic rings. The van der Waals surface area contributed by atoms with Gasteiger partial charge in [0.25, 0.3) is 0 Å². The molecule has 92 valence electrons. The van der Waals surface area contributed by atoms with Crippen LogP contribution in [0, 0.1) is 12.8 Å². The van der Waals surface area contributed by atoms with Crippen molar-refractivity contribution in [2.24, 2.45) is 16.8 Å². The Labute approximate surface area is 101 Å². The molecular weight excluding hydrogens is 216 g/mol. The van der Waals surface area contributed by atoms with Crippen molar-refractivity contribution in [3.8, 4) is 0 Å². The van der Waals surface area contributed by atoms with Gasteiger partial charge in [-0.2, -0.15) is 0 Å². The number of amidine groups is 1. The summed E-state index contributed by atoms with van der Waals surface area (Å²) >= 11 is 0. The van der Waals surface area contributed by atoms with E-state index in [0.29, 0.717) is 6.61 Å². The molecule has 0 bridgehead atoms. The van der Waals surface area contributed by atoms with Gasteiger partial charge in [-0.15, -0.1) is 0 Å². The molecule has 0 spiro atoms. The molecule has 0 saturated heterocycles. The second-order valence-electron chi connectivity index (χ2n) is 4.59. The predicted molar refractivity (Wildman–Crippen MR) is 66.1 cm³/mol. The maximum atomic E-state index is 8.60. The van der Waals surface area contributed by atoms with E-state index < -0.39 is 0 Å². The van der Waals surface area contributed by atoms with Crippen LogP contribution >= 0.6 is 0 Å². The summed E-state index contributed by atoms with van der Waals surface area (Å²) in [5.74, 6) is 0.922. The summed E-state index contributed by atoms with van der Waals surface area (Å²) in [5.41, 5.74) is 8.52. The summed E-state index contributed by atoms with van der Waals surface area (Å²) in [6, 6.07) is 5.72. The van der Waals surface area contributed by atoms with Crippen molar-refractivity contribution < 1.29 is 9.94 Å². The van der Waals surface area contributed by atoms with Gasteiger partial charge in [0.05, 0.1) is 6.61 Å². The molecule has 1 fully saturated rings. The first kappa shape index (κ1) is 11.9. The molecule has 0 aliphatic heterocycles. The van der Waals surface area contributed by atoms with Crippen molar-refractivity contribution in [3.63, 3.8) is 0 Å². The lowest BCUT2D eigenvalue weighted by molar-refractivity contribution is 0.111. The topological polar surface area (TPSA) is 67.8 Å². The fourth-order valence-corrected chi connectivity index (χ4v) is 1.69. The van der Waals surface area contributed by atoms with E-state index in [1.54, 1.807) is 0 Å². The molecule has 0 aromatic heterocycles. The fourth-order valence-electron chi connectivity index (χ4n) is 1.69. The lowest BCUT2D eigenvalue weighted by atomic mass is 10.1. The van der Waals surface area contributed by atoms with Crippen molar-refractivity contribution in [2.75, 3.05) is 6.61 Å². The Hall–Kier alpha value is -1.55. The molecule has 0 atom stereocenters. The molecule has 3 N–H and O–H groups in total. The Kier molecular flexibility index (Phi) is 3.64. The minimum atomic E-state index is 0.138. The first-order valence-electron chi connectivity index (χ1n) is 5.86. The summed E-state index contributed by atoms with van der Waals surface area (Å²) in [6.07, 6.45) is 2.61. The Balaban J connectivity index is 1.97. The Morgan fingerprint density at radius 1 is 1.53 bits per heavy atom. The number of nitrogens with two attached hydrogens (primary N) is 1. The van der Waals surface area contributed by atoms with E-state index in [-0.39, 0.29) is 5.84 Å². The SMILES string of the molecule is Cc1cc(/C(N)=N/O)ccc1COCC1CC1. The molecule has 0 heterocycles. The van der Waals surface area contributed by atoms with Crippen LogP contribution in [-0.2, 0) is 11.3 Å². The normalized spacial score (nSPS) is 16.2. The highest BCUT2D eigenvalue weighted by Gasteiger charge is 2.21. The van der Waals surface area contributed by atoms with Gasteiger partial charge in [0.2, 0.25) is 0 Å². The highest BCUT2D eigenvalue weighted by Crippen LogP contribution is 2.29. The summed E-state index contributed by atoms with van der Waals surface area (Å²) < 4.78 is 5.64. The van der Waals surface area contributed by atoms with Gasteiger partial charge in [0, 0.05) is 12.2 Å². The minimum Gasteiger partial charge on any atom is -0.409 e. The number of ether oxygens (including phenoxy) is 1. The van der Waals surface area contributed by atoms with Crippen LogP contribution in [0.3, 0.4) is 0 Å². The number of rotatable bonds is 5. The van der Waals surface area contributed by atoms with Crippen molar-refractivity contribution >= 4 is 5.84 Å². The Morgan fingerprint density at radius 2 is 2.29 bits per heavy atom. The van der Waals surface area contributed by atoms with Gasteiger partial charge in [-0.3, -0.25) is 0 Å². The lowest BCUT2D eigenvalue weighted by Crippen LogP contribution is -2.13. The van der Waals surface area contributed by atoms with Crippen LogP contribution in [0.1, 0.15) is 29.5 Å². The third kappa shape index (κ3) is 3.20. The van der Waals surface area contributed by atoms with Crippen LogP contribution in [0.2, 0.25) is 0 Å². The number of benzene rings is 1. The lowest BCUT2D eigenvalue weighted by Gasteiger charge is -2.08. The molecule has 1 aliphatic carbocycles. The average Bonchev–Trinajstić information content (AvgIpc) is 3.14. The molecule has 1 saturated carbocycles. The van der Waals surface area contributed by atoms with Crippen LogP contribution in [0.5, 0.6) is 0 Å². The average molecular weight is 234 g/mol. The highest BCUT2D eigenvalue weighted by molar-refractivity contribution is 5.97. The molecule has 4 heteroatoms. The van der Waals surface area contributed by atoms with Crippen molar-refractivity contribution in [3.05, 3.63) is 34.9 Å². The summed E-state index contributed by atoms with van der Waals surface area (Å²) in [6.45, 7) is 3.50. The highest BCUT2D eigenvalue weighted by atomic mass is 16.5. The molecule has 2 rings (SSSR count). The maximum absolute atomic E-state index is 8.60. The quantitative estimate of drug-likeness (QED) is 0.354. The van der Waals surface area contributed by atoms with Crippen LogP contribution < -0.4 is 5.73 Å². The second kappa shape index (κ2) is 5.19. The second-order valence-corrected chi connectivity index (χ2v) is 4.59. The third-order valence-electron chi connectivity index (χ3n) is 3.05. The van der Waals surface area contributed by atoms with E-state index >= 15 is 0 Å². The molecule has 4 nitrogen and oxygen atoms in total. The standard InChI is InChI=1S/C13H18N2O2/c1-9-6-11(13(14)15-16)4-5-12(9)8-17-7-10-2-3-10/h4-6,10,16H,2-3,7-8H2,1H3,(H2,14,15). The van der Waals surface area contributed by atoms with Gasteiger partial charge in [0.15, 0.2) is 5.84 Å². The number of hydrogen-bond acceptors (Lipinski definition) is 3. The summed E-state index contributed by atoms with van der Waals surface area (Å²) in [4.78, 5) is 0. The number of aryl methyl sites for hydroxylation is 1.